The Kier molecular flexibility index (Phi) is 8.61. The van der Waals surface area contributed by atoms with Crippen LogP contribution in [0.2, 0.25) is 0 Å². The molecular weight excluding hydrogens is 632 g/mol. The highest BCUT2D eigenvalue weighted by Crippen LogP contribution is 2.67. The van der Waals surface area contributed by atoms with Crippen molar-refractivity contribution in [2.45, 2.75) is 77.8 Å². The van der Waals surface area contributed by atoms with E-state index in [0.717, 1.165) is 0 Å². The van der Waals surface area contributed by atoms with Crippen LogP contribution in [0.3, 0.4) is 0 Å². The van der Waals surface area contributed by atoms with E-state index < -0.39 is 70.1 Å². The van der Waals surface area contributed by atoms with Gasteiger partial charge in [-0.05, 0) is 73.9 Å². The third-order valence-electron chi connectivity index (χ3n) is 10.9. The first kappa shape index (κ1) is 33.9. The van der Waals surface area contributed by atoms with Gasteiger partial charge in [-0.2, -0.15) is 5.26 Å². The maximum atomic E-state index is 13.7. The Labute approximate surface area is 283 Å². The van der Waals surface area contributed by atoms with Crippen LogP contribution in [0.5, 0.6) is 5.75 Å². The van der Waals surface area contributed by atoms with E-state index >= 15 is 0 Å². The molecule has 3 heterocycles. The Hall–Kier alpha value is -5.02. The fourth-order valence-electron chi connectivity index (χ4n) is 8.72. The van der Waals surface area contributed by atoms with Gasteiger partial charge in [0, 0.05) is 49.2 Å². The molecule has 0 radical (unpaired) electrons. The summed E-state index contributed by atoms with van der Waals surface area (Å²) >= 11 is 0. The van der Waals surface area contributed by atoms with Crippen LogP contribution in [-0.4, -0.2) is 52.4 Å². The molecule has 3 aromatic rings. The molecule has 3 unspecified atom stereocenters. The van der Waals surface area contributed by atoms with Crippen molar-refractivity contribution in [2.75, 3.05) is 6.61 Å². The van der Waals surface area contributed by atoms with E-state index in [1.165, 1.54) is 50.4 Å². The Morgan fingerprint density at radius 3 is 2.43 bits per heavy atom. The molecule has 12 heteroatoms. The van der Waals surface area contributed by atoms with Crippen LogP contribution in [0, 0.1) is 34.0 Å². The zero-order valence-electron chi connectivity index (χ0n) is 27.9. The van der Waals surface area contributed by atoms with Gasteiger partial charge in [0.05, 0.1) is 23.3 Å². The zero-order valence-corrected chi connectivity index (χ0v) is 27.9. The topological polar surface area (TPSA) is 175 Å². The van der Waals surface area contributed by atoms with Crippen molar-refractivity contribution in [1.29, 1.82) is 5.26 Å². The minimum atomic E-state index is -1.42. The molecule has 2 fully saturated rings. The molecule has 8 atom stereocenters. The first-order valence-corrected chi connectivity index (χ1v) is 16.2. The summed E-state index contributed by atoms with van der Waals surface area (Å²) in [4.78, 5) is 55.9. The van der Waals surface area contributed by atoms with E-state index in [1.807, 2.05) is 19.9 Å². The number of ether oxygens (including phenoxy) is 4. The van der Waals surface area contributed by atoms with Crippen LogP contribution in [0.15, 0.2) is 64.1 Å². The molecule has 0 spiro atoms. The number of aliphatic hydroxyl groups is 1. The van der Waals surface area contributed by atoms with E-state index in [4.69, 9.17) is 23.4 Å². The number of nitrogens with zero attached hydrogens (tertiary/aromatic N) is 2. The van der Waals surface area contributed by atoms with Crippen molar-refractivity contribution in [3.63, 3.8) is 0 Å². The monoisotopic (exact) mass is 670 g/mol. The maximum Gasteiger partial charge on any atom is 0.345 e. The summed E-state index contributed by atoms with van der Waals surface area (Å²) in [5.74, 6) is -2.73. The summed E-state index contributed by atoms with van der Waals surface area (Å²) in [6.45, 7) is 8.12. The van der Waals surface area contributed by atoms with E-state index in [0.29, 0.717) is 24.0 Å². The maximum absolute atomic E-state index is 13.7. The second kappa shape index (κ2) is 12.5. The molecule has 1 aromatic carbocycles. The molecule has 49 heavy (non-hydrogen) atoms. The van der Waals surface area contributed by atoms with Crippen LogP contribution >= 0.6 is 0 Å². The standard InChI is InChI=1S/C37H38N2O10/c1-20(40)45-19-36(4)27-16-29(48-33(43)23-10-8-22(17-38)9-11-23)37(5)32(35(27,3)13-12-28(36)46-21(2)41)31(42)30-26(49-37)15-25(47-34(30)44)24-7-6-14-39-18-24/h6-11,14-15,18,27-29,31-32,42H,12-13,16,19H2,1-5H3/t27?,28-,29-,31-,32?,35-,36?,37+/m0/s1. The van der Waals surface area contributed by atoms with E-state index in [9.17, 15) is 29.5 Å². The number of pyridine rings is 1. The van der Waals surface area contributed by atoms with Gasteiger partial charge in [-0.1, -0.05) is 13.8 Å². The summed E-state index contributed by atoms with van der Waals surface area (Å²) < 4.78 is 30.1. The number of fused-ring (bicyclic) bond motifs is 4. The van der Waals surface area contributed by atoms with Gasteiger partial charge in [0.25, 0.3) is 0 Å². The van der Waals surface area contributed by atoms with Gasteiger partial charge in [-0.3, -0.25) is 14.6 Å². The molecule has 12 nitrogen and oxygen atoms in total. The Balaban J connectivity index is 1.50. The molecule has 2 saturated carbocycles. The van der Waals surface area contributed by atoms with Crippen molar-refractivity contribution < 1.29 is 42.9 Å². The number of benzene rings is 1. The van der Waals surface area contributed by atoms with Gasteiger partial charge in [0.15, 0.2) is 0 Å². The molecule has 2 aliphatic carbocycles. The van der Waals surface area contributed by atoms with Gasteiger partial charge in [-0.25, -0.2) is 9.59 Å². The fraction of sp³-hybridized carbons (Fsp3) is 0.459. The largest absolute Gasteiger partial charge is 0.482 e. The summed E-state index contributed by atoms with van der Waals surface area (Å²) in [5, 5.41) is 21.5. The SMILES string of the molecule is CC(=O)OCC1(C)C2C[C@H](OC(=O)c3ccc(C#N)cc3)[C@@]3(C)Oc4cc(-c5cccnc5)oc(=O)c4[C@H](O)C3[C@@]2(C)CC[C@@H]1OC(C)=O. The highest BCUT2D eigenvalue weighted by molar-refractivity contribution is 5.89. The average molecular weight is 671 g/mol. The van der Waals surface area contributed by atoms with E-state index in [2.05, 4.69) is 4.98 Å². The van der Waals surface area contributed by atoms with Crippen molar-refractivity contribution >= 4 is 17.9 Å². The third kappa shape index (κ3) is 5.76. The minimum Gasteiger partial charge on any atom is -0.482 e. The number of hydrogen-bond acceptors (Lipinski definition) is 12. The Bertz CT molecular complexity index is 1890. The lowest BCUT2D eigenvalue weighted by atomic mass is 9.42. The molecule has 3 aliphatic rings. The van der Waals surface area contributed by atoms with Crippen LogP contribution in [0.25, 0.3) is 11.3 Å². The molecule has 0 bridgehead atoms. The summed E-state index contributed by atoms with van der Waals surface area (Å²) in [6.07, 6.45) is 1.03. The fourth-order valence-corrected chi connectivity index (χ4v) is 8.72. The van der Waals surface area contributed by atoms with Crippen LogP contribution in [-0.2, 0) is 23.8 Å². The van der Waals surface area contributed by atoms with Crippen molar-refractivity contribution in [1.82, 2.24) is 4.98 Å². The van der Waals surface area contributed by atoms with Crippen molar-refractivity contribution in [3.05, 3.63) is 82.0 Å². The predicted octanol–water partition coefficient (Wildman–Crippen LogP) is 4.92. The zero-order chi connectivity index (χ0) is 35.3. The Morgan fingerprint density at radius 1 is 1.06 bits per heavy atom. The predicted molar refractivity (Wildman–Crippen MR) is 172 cm³/mol. The van der Waals surface area contributed by atoms with Gasteiger partial charge in [0.2, 0.25) is 0 Å². The average Bonchev–Trinajstić information content (AvgIpc) is 3.06. The lowest BCUT2D eigenvalue weighted by molar-refractivity contribution is -0.266. The Morgan fingerprint density at radius 2 is 1.80 bits per heavy atom. The summed E-state index contributed by atoms with van der Waals surface area (Å²) in [7, 11) is 0. The molecular formula is C37H38N2O10. The molecule has 0 amide bonds. The van der Waals surface area contributed by atoms with E-state index in [-0.39, 0.29) is 35.7 Å². The smallest absolute Gasteiger partial charge is 0.345 e. The van der Waals surface area contributed by atoms with Crippen LogP contribution in [0.4, 0.5) is 0 Å². The summed E-state index contributed by atoms with van der Waals surface area (Å²) in [5.41, 5.74) is -2.92. The van der Waals surface area contributed by atoms with Crippen LogP contribution < -0.4 is 10.4 Å². The van der Waals surface area contributed by atoms with Gasteiger partial charge >= 0.3 is 23.5 Å². The number of carbonyl (C=O) groups is 3. The van der Waals surface area contributed by atoms with Crippen molar-refractivity contribution in [3.8, 4) is 23.1 Å². The van der Waals surface area contributed by atoms with Crippen molar-refractivity contribution in [2.24, 2.45) is 22.7 Å². The number of carbonyl (C=O) groups excluding carboxylic acids is 3. The quantitative estimate of drug-likeness (QED) is 0.277. The van der Waals surface area contributed by atoms with Gasteiger partial charge in [0.1, 0.15) is 41.5 Å². The highest BCUT2D eigenvalue weighted by Gasteiger charge is 2.71. The number of aliphatic hydroxyl groups excluding tert-OH is 1. The second-order valence-corrected chi connectivity index (χ2v) is 13.9. The minimum absolute atomic E-state index is 0.0574. The summed E-state index contributed by atoms with van der Waals surface area (Å²) in [6, 6.07) is 13.0. The number of nitriles is 1. The van der Waals surface area contributed by atoms with Gasteiger partial charge in [-0.15, -0.1) is 0 Å². The van der Waals surface area contributed by atoms with E-state index in [1.54, 1.807) is 25.3 Å². The lowest BCUT2D eigenvalue weighted by Crippen LogP contribution is -2.71. The molecule has 256 valence electrons. The highest BCUT2D eigenvalue weighted by atomic mass is 16.6. The molecule has 1 N–H and O–H groups in total. The first-order chi connectivity index (χ1) is 23.2. The number of hydrogen-bond donors (Lipinski definition) is 1. The number of esters is 3. The number of aromatic nitrogens is 1. The molecule has 0 saturated heterocycles. The second-order valence-electron chi connectivity index (χ2n) is 13.9. The molecule has 2 aromatic heterocycles. The number of rotatable bonds is 6. The molecule has 1 aliphatic heterocycles. The molecule has 6 rings (SSSR count). The normalized spacial score (nSPS) is 31.4. The van der Waals surface area contributed by atoms with Crippen LogP contribution in [0.1, 0.15) is 81.5 Å². The third-order valence-corrected chi connectivity index (χ3v) is 10.9. The van der Waals surface area contributed by atoms with Gasteiger partial charge < -0.3 is 28.5 Å². The first-order valence-electron chi connectivity index (χ1n) is 16.2. The lowest BCUT2D eigenvalue weighted by Gasteiger charge is -2.66.